The number of hydrogen-bond acceptors (Lipinski definition) is 1. The molecule has 0 aliphatic carbocycles. The summed E-state index contributed by atoms with van der Waals surface area (Å²) in [5.74, 6) is -11.0. The van der Waals surface area contributed by atoms with Crippen LogP contribution in [-0.4, -0.2) is 12.5 Å². The van der Waals surface area contributed by atoms with E-state index in [1.807, 2.05) is 0 Å². The van der Waals surface area contributed by atoms with Crippen LogP contribution in [0.1, 0.15) is 13.8 Å². The highest BCUT2D eigenvalue weighted by Crippen LogP contribution is 2.39. The van der Waals surface area contributed by atoms with Crippen LogP contribution in [0.4, 0.5) is 27.6 Å². The van der Waals surface area contributed by atoms with Crippen molar-refractivity contribution in [2.24, 2.45) is 5.41 Å². The molecule has 18 heavy (non-hydrogen) atoms. The predicted octanol–water partition coefficient (Wildman–Crippen LogP) is 2.75. The third-order valence-electron chi connectivity index (χ3n) is 2.83. The van der Waals surface area contributed by atoms with Crippen LogP contribution in [0, 0.1) is 34.5 Å². The lowest BCUT2D eigenvalue weighted by molar-refractivity contribution is -0.132. The van der Waals surface area contributed by atoms with Gasteiger partial charge in [0.05, 0.1) is 5.41 Å². The molecule has 0 N–H and O–H groups in total. The van der Waals surface area contributed by atoms with Crippen molar-refractivity contribution < 1.29 is 26.7 Å². The highest BCUT2D eigenvalue weighted by atomic mass is 19.2. The van der Waals surface area contributed by atoms with E-state index in [0.717, 1.165) is 0 Å². The van der Waals surface area contributed by atoms with Crippen LogP contribution in [0.3, 0.4) is 0 Å². The number of hydrogen-bond donors (Lipinski definition) is 0. The van der Waals surface area contributed by atoms with E-state index in [4.69, 9.17) is 0 Å². The van der Waals surface area contributed by atoms with E-state index in [0.29, 0.717) is 4.90 Å². The Morgan fingerprint density at radius 1 is 0.889 bits per heavy atom. The van der Waals surface area contributed by atoms with Gasteiger partial charge in [-0.15, -0.1) is 0 Å². The summed E-state index contributed by atoms with van der Waals surface area (Å²) in [4.78, 5) is 12.1. The van der Waals surface area contributed by atoms with Crippen LogP contribution in [-0.2, 0) is 4.79 Å². The zero-order valence-electron chi connectivity index (χ0n) is 9.45. The first-order valence-corrected chi connectivity index (χ1v) is 5.02. The van der Waals surface area contributed by atoms with Crippen LogP contribution < -0.4 is 4.90 Å². The molecule has 0 unspecified atom stereocenters. The number of β-lactam (4-membered cyclic amide) rings is 1. The molecule has 1 aromatic carbocycles. The van der Waals surface area contributed by atoms with Crippen molar-refractivity contribution in [1.82, 2.24) is 0 Å². The van der Waals surface area contributed by atoms with Crippen LogP contribution >= 0.6 is 0 Å². The molecule has 0 bridgehead atoms. The Morgan fingerprint density at radius 3 is 1.61 bits per heavy atom. The summed E-state index contributed by atoms with van der Waals surface area (Å²) < 4.78 is 65.5. The number of carbonyl (C=O) groups excluding carboxylic acids is 1. The SMILES string of the molecule is CC1(C)CN(c2c(F)c(F)c(F)c(F)c2F)C1=O. The fourth-order valence-electron chi connectivity index (χ4n) is 1.82. The zero-order valence-corrected chi connectivity index (χ0v) is 9.45. The Kier molecular flexibility index (Phi) is 2.60. The molecule has 0 radical (unpaired) electrons. The molecular formula is C11H8F5NO. The Labute approximate surface area is 99.0 Å². The first kappa shape index (κ1) is 12.8. The molecular weight excluding hydrogens is 257 g/mol. The van der Waals surface area contributed by atoms with Crippen molar-refractivity contribution in [2.45, 2.75) is 13.8 Å². The summed E-state index contributed by atoms with van der Waals surface area (Å²) in [6, 6.07) is 0. The van der Waals surface area contributed by atoms with Crippen molar-refractivity contribution in [3.8, 4) is 0 Å². The van der Waals surface area contributed by atoms with E-state index < -0.39 is 46.1 Å². The van der Waals surface area contributed by atoms with Gasteiger partial charge in [0.15, 0.2) is 23.3 Å². The van der Waals surface area contributed by atoms with Crippen molar-refractivity contribution in [3.05, 3.63) is 29.1 Å². The largest absolute Gasteiger partial charge is 0.305 e. The minimum absolute atomic E-state index is 0.107. The molecule has 0 spiro atoms. The van der Waals surface area contributed by atoms with Gasteiger partial charge in [-0.25, -0.2) is 22.0 Å². The first-order valence-electron chi connectivity index (χ1n) is 5.02. The smallest absolute Gasteiger partial charge is 0.234 e. The van der Waals surface area contributed by atoms with Crippen LogP contribution in [0.25, 0.3) is 0 Å². The maximum Gasteiger partial charge on any atom is 0.234 e. The molecule has 1 amide bonds. The quantitative estimate of drug-likeness (QED) is 0.331. The minimum Gasteiger partial charge on any atom is -0.305 e. The lowest BCUT2D eigenvalue weighted by Crippen LogP contribution is -2.59. The van der Waals surface area contributed by atoms with E-state index in [1.165, 1.54) is 13.8 Å². The van der Waals surface area contributed by atoms with E-state index in [9.17, 15) is 26.7 Å². The molecule has 1 aliphatic rings. The monoisotopic (exact) mass is 265 g/mol. The molecule has 2 nitrogen and oxygen atoms in total. The van der Waals surface area contributed by atoms with Crippen molar-refractivity contribution in [2.75, 3.05) is 11.4 Å². The Bertz CT molecular complexity index is 526. The topological polar surface area (TPSA) is 20.3 Å². The number of halogens is 5. The number of anilines is 1. The van der Waals surface area contributed by atoms with E-state index in [-0.39, 0.29) is 6.54 Å². The maximum absolute atomic E-state index is 13.4. The second-order valence-corrected chi connectivity index (χ2v) is 4.69. The normalized spacial score (nSPS) is 17.9. The number of carbonyl (C=O) groups is 1. The maximum atomic E-state index is 13.4. The van der Waals surface area contributed by atoms with Crippen LogP contribution in [0.2, 0.25) is 0 Å². The first-order chi connectivity index (χ1) is 8.18. The van der Waals surface area contributed by atoms with Crippen molar-refractivity contribution in [1.29, 1.82) is 0 Å². The van der Waals surface area contributed by atoms with Gasteiger partial charge in [-0.3, -0.25) is 4.79 Å². The number of amides is 1. The Hall–Kier alpha value is -1.66. The molecule has 0 aromatic heterocycles. The van der Waals surface area contributed by atoms with Crippen LogP contribution in [0.15, 0.2) is 0 Å². The fraction of sp³-hybridized carbons (Fsp3) is 0.364. The molecule has 1 aliphatic heterocycles. The molecule has 1 aromatic rings. The highest BCUT2D eigenvalue weighted by Gasteiger charge is 2.48. The molecule has 2 rings (SSSR count). The predicted molar refractivity (Wildman–Crippen MR) is 52.4 cm³/mol. The Balaban J connectivity index is 2.57. The average molecular weight is 265 g/mol. The van der Waals surface area contributed by atoms with Gasteiger partial charge in [0.25, 0.3) is 0 Å². The summed E-state index contributed by atoms with van der Waals surface area (Å²) in [6.45, 7) is 2.92. The Morgan fingerprint density at radius 2 is 1.28 bits per heavy atom. The molecule has 1 fully saturated rings. The third-order valence-corrected chi connectivity index (χ3v) is 2.83. The van der Waals surface area contributed by atoms with Crippen molar-refractivity contribution >= 4 is 11.6 Å². The molecule has 98 valence electrons. The van der Waals surface area contributed by atoms with Gasteiger partial charge < -0.3 is 4.90 Å². The van der Waals surface area contributed by atoms with Crippen molar-refractivity contribution in [3.63, 3.8) is 0 Å². The van der Waals surface area contributed by atoms with E-state index in [2.05, 4.69) is 0 Å². The molecule has 7 heteroatoms. The molecule has 0 saturated carbocycles. The lowest BCUT2D eigenvalue weighted by atomic mass is 9.82. The average Bonchev–Trinajstić information content (AvgIpc) is 2.32. The summed E-state index contributed by atoms with van der Waals surface area (Å²) >= 11 is 0. The van der Waals surface area contributed by atoms with Gasteiger partial charge >= 0.3 is 0 Å². The van der Waals surface area contributed by atoms with Gasteiger partial charge in [0.2, 0.25) is 11.7 Å². The number of nitrogens with zero attached hydrogens (tertiary/aromatic N) is 1. The molecule has 0 atom stereocenters. The van der Waals surface area contributed by atoms with Gasteiger partial charge in [0.1, 0.15) is 5.69 Å². The second-order valence-electron chi connectivity index (χ2n) is 4.69. The minimum atomic E-state index is -2.24. The number of rotatable bonds is 1. The summed E-state index contributed by atoms with van der Waals surface area (Å²) in [7, 11) is 0. The summed E-state index contributed by atoms with van der Waals surface area (Å²) in [6.07, 6.45) is 0. The standard InChI is InChI=1S/C11H8F5NO/c1-11(2)3-17(10(11)18)9-7(15)5(13)4(12)6(14)8(9)16/h3H2,1-2H3. The zero-order chi connectivity index (χ0) is 13.8. The fourth-order valence-corrected chi connectivity index (χ4v) is 1.82. The molecule has 1 saturated heterocycles. The third kappa shape index (κ3) is 1.49. The van der Waals surface area contributed by atoms with Crippen LogP contribution in [0.5, 0.6) is 0 Å². The lowest BCUT2D eigenvalue weighted by Gasteiger charge is -2.44. The van der Waals surface area contributed by atoms with Gasteiger partial charge in [0, 0.05) is 6.54 Å². The second kappa shape index (κ2) is 3.66. The van der Waals surface area contributed by atoms with E-state index in [1.54, 1.807) is 0 Å². The van der Waals surface area contributed by atoms with E-state index >= 15 is 0 Å². The van der Waals surface area contributed by atoms with Gasteiger partial charge in [-0.1, -0.05) is 0 Å². The van der Waals surface area contributed by atoms with Gasteiger partial charge in [-0.05, 0) is 13.8 Å². The molecule has 1 heterocycles. The number of benzene rings is 1. The van der Waals surface area contributed by atoms with Gasteiger partial charge in [-0.2, -0.15) is 0 Å². The summed E-state index contributed by atoms with van der Waals surface area (Å²) in [5, 5.41) is 0. The summed E-state index contributed by atoms with van der Waals surface area (Å²) in [5.41, 5.74) is -2.05. The highest BCUT2D eigenvalue weighted by molar-refractivity contribution is 6.04.